The Kier molecular flexibility index (Phi) is 10.0. The van der Waals surface area contributed by atoms with Gasteiger partial charge < -0.3 is 15.5 Å². The maximum atomic E-state index is 13.9. The van der Waals surface area contributed by atoms with Crippen LogP contribution in [0, 0.1) is 12.7 Å². The van der Waals surface area contributed by atoms with Gasteiger partial charge in [0, 0.05) is 29.7 Å². The Balaban J connectivity index is 0.00000338. The minimum Gasteiger partial charge on any atom is -0.357 e. The summed E-state index contributed by atoms with van der Waals surface area (Å²) in [6.45, 7) is 6.55. The molecule has 26 heavy (non-hydrogen) atoms. The Hall–Kier alpha value is -1.26. The summed E-state index contributed by atoms with van der Waals surface area (Å²) in [6.07, 6.45) is 1.87. The SMILES string of the molecule is CCNC(=NCc1ccc(F)c(CN(C)C)c1)NCc1ncc(C)s1.I. The number of rotatable bonds is 7. The second-order valence-corrected chi connectivity index (χ2v) is 7.40. The average Bonchev–Trinajstić information content (AvgIpc) is 2.98. The Labute approximate surface area is 176 Å². The molecule has 0 amide bonds. The van der Waals surface area contributed by atoms with E-state index < -0.39 is 0 Å². The Morgan fingerprint density at radius 3 is 2.69 bits per heavy atom. The van der Waals surface area contributed by atoms with Crippen molar-refractivity contribution in [1.29, 1.82) is 0 Å². The summed E-state index contributed by atoms with van der Waals surface area (Å²) >= 11 is 1.67. The van der Waals surface area contributed by atoms with Gasteiger partial charge in [-0.3, -0.25) is 0 Å². The number of nitrogens with zero attached hydrogens (tertiary/aromatic N) is 3. The number of aromatic nitrogens is 1. The molecule has 2 N–H and O–H groups in total. The zero-order chi connectivity index (χ0) is 18.2. The molecule has 0 aliphatic rings. The van der Waals surface area contributed by atoms with E-state index in [9.17, 15) is 4.39 Å². The summed E-state index contributed by atoms with van der Waals surface area (Å²) in [5.41, 5.74) is 1.68. The number of nitrogens with one attached hydrogen (secondary N) is 2. The molecule has 144 valence electrons. The molecule has 2 rings (SSSR count). The van der Waals surface area contributed by atoms with Crippen molar-refractivity contribution >= 4 is 41.3 Å². The molecule has 2 aromatic rings. The fraction of sp³-hybridized carbons (Fsp3) is 0.444. The molecular weight excluding hydrogens is 464 g/mol. The van der Waals surface area contributed by atoms with Gasteiger partial charge in [0.1, 0.15) is 10.8 Å². The molecule has 0 bridgehead atoms. The van der Waals surface area contributed by atoms with Gasteiger partial charge in [-0.2, -0.15) is 0 Å². The molecule has 8 heteroatoms. The monoisotopic (exact) mass is 491 g/mol. The largest absolute Gasteiger partial charge is 0.357 e. The van der Waals surface area contributed by atoms with Crippen molar-refractivity contribution in [3.05, 3.63) is 51.2 Å². The molecule has 1 heterocycles. The zero-order valence-electron chi connectivity index (χ0n) is 15.7. The van der Waals surface area contributed by atoms with Crippen molar-refractivity contribution in [3.63, 3.8) is 0 Å². The summed E-state index contributed by atoms with van der Waals surface area (Å²) < 4.78 is 13.9. The number of halogens is 2. The third kappa shape index (κ3) is 7.55. The van der Waals surface area contributed by atoms with Crippen LogP contribution in [-0.2, 0) is 19.6 Å². The van der Waals surface area contributed by atoms with Gasteiger partial charge in [-0.25, -0.2) is 14.4 Å². The Morgan fingerprint density at radius 1 is 1.31 bits per heavy atom. The summed E-state index contributed by atoms with van der Waals surface area (Å²) in [4.78, 5) is 12.1. The Morgan fingerprint density at radius 2 is 2.08 bits per heavy atom. The predicted molar refractivity (Wildman–Crippen MR) is 118 cm³/mol. The standard InChI is InChI=1S/C18H26FN5S.HI/c1-5-20-18(23-11-17-21-9-13(2)25-17)22-10-14-6-7-16(19)15(8-14)12-24(3)4;/h6-9H,5,10-12H2,1-4H3,(H2,20,22,23);1H. The molecule has 0 atom stereocenters. The van der Waals surface area contributed by atoms with Crippen LogP contribution < -0.4 is 10.6 Å². The van der Waals surface area contributed by atoms with Crippen LogP contribution in [0.25, 0.3) is 0 Å². The predicted octanol–water partition coefficient (Wildman–Crippen LogP) is 3.53. The van der Waals surface area contributed by atoms with Crippen LogP contribution in [-0.4, -0.2) is 36.5 Å². The van der Waals surface area contributed by atoms with E-state index >= 15 is 0 Å². The molecule has 0 aliphatic carbocycles. The number of hydrogen-bond donors (Lipinski definition) is 2. The van der Waals surface area contributed by atoms with E-state index in [2.05, 4.69) is 20.6 Å². The summed E-state index contributed by atoms with van der Waals surface area (Å²) in [6, 6.07) is 5.18. The highest BCUT2D eigenvalue weighted by atomic mass is 127. The summed E-state index contributed by atoms with van der Waals surface area (Å²) in [7, 11) is 3.86. The van der Waals surface area contributed by atoms with Gasteiger partial charge in [0.25, 0.3) is 0 Å². The molecule has 0 saturated carbocycles. The molecule has 1 aromatic heterocycles. The van der Waals surface area contributed by atoms with Gasteiger partial charge in [-0.05, 0) is 45.6 Å². The van der Waals surface area contributed by atoms with Crippen molar-refractivity contribution in [2.75, 3.05) is 20.6 Å². The van der Waals surface area contributed by atoms with Gasteiger partial charge in [0.2, 0.25) is 0 Å². The van der Waals surface area contributed by atoms with Crippen molar-refractivity contribution in [2.45, 2.75) is 33.5 Å². The first-order valence-electron chi connectivity index (χ1n) is 8.33. The normalized spacial score (nSPS) is 11.4. The summed E-state index contributed by atoms with van der Waals surface area (Å²) in [5.74, 6) is 0.555. The van der Waals surface area contributed by atoms with Crippen LogP contribution in [0.1, 0.15) is 27.9 Å². The number of benzene rings is 1. The van der Waals surface area contributed by atoms with E-state index in [4.69, 9.17) is 0 Å². The van der Waals surface area contributed by atoms with Crippen LogP contribution in [0.4, 0.5) is 4.39 Å². The van der Waals surface area contributed by atoms with Gasteiger partial charge >= 0.3 is 0 Å². The molecule has 0 radical (unpaired) electrons. The number of guanidine groups is 1. The van der Waals surface area contributed by atoms with E-state index in [0.29, 0.717) is 25.2 Å². The maximum Gasteiger partial charge on any atom is 0.191 e. The molecule has 5 nitrogen and oxygen atoms in total. The molecule has 0 spiro atoms. The fourth-order valence-corrected chi connectivity index (χ4v) is 3.07. The van der Waals surface area contributed by atoms with E-state index in [1.807, 2.05) is 45.1 Å². The maximum absolute atomic E-state index is 13.9. The van der Waals surface area contributed by atoms with Crippen LogP contribution in [0.15, 0.2) is 29.4 Å². The summed E-state index contributed by atoms with van der Waals surface area (Å²) in [5, 5.41) is 7.53. The van der Waals surface area contributed by atoms with Gasteiger partial charge in [0.05, 0.1) is 13.1 Å². The molecule has 1 aromatic carbocycles. The highest BCUT2D eigenvalue weighted by Gasteiger charge is 2.06. The lowest BCUT2D eigenvalue weighted by atomic mass is 10.1. The topological polar surface area (TPSA) is 52.6 Å². The van der Waals surface area contributed by atoms with Crippen LogP contribution in [0.3, 0.4) is 0 Å². The first-order valence-corrected chi connectivity index (χ1v) is 9.15. The highest BCUT2D eigenvalue weighted by Crippen LogP contribution is 2.13. The second kappa shape index (κ2) is 11.5. The van der Waals surface area contributed by atoms with E-state index in [1.165, 1.54) is 10.9 Å². The average molecular weight is 491 g/mol. The molecule has 0 fully saturated rings. The Bertz CT molecular complexity index is 717. The van der Waals surface area contributed by atoms with Gasteiger partial charge in [-0.15, -0.1) is 35.3 Å². The van der Waals surface area contributed by atoms with E-state index in [1.54, 1.807) is 17.4 Å². The highest BCUT2D eigenvalue weighted by molar-refractivity contribution is 14.0. The third-order valence-electron chi connectivity index (χ3n) is 3.44. The second-order valence-electron chi connectivity index (χ2n) is 6.08. The minimum absolute atomic E-state index is 0. The number of thiazole rings is 1. The molecule has 0 unspecified atom stereocenters. The lowest BCUT2D eigenvalue weighted by Gasteiger charge is -2.12. The van der Waals surface area contributed by atoms with Crippen molar-refractivity contribution in [2.24, 2.45) is 4.99 Å². The van der Waals surface area contributed by atoms with Gasteiger partial charge in [-0.1, -0.05) is 6.07 Å². The van der Waals surface area contributed by atoms with Crippen LogP contribution in [0.2, 0.25) is 0 Å². The quantitative estimate of drug-likeness (QED) is 0.354. The third-order valence-corrected chi connectivity index (χ3v) is 4.35. The fourth-order valence-electron chi connectivity index (χ4n) is 2.34. The first kappa shape index (κ1) is 22.8. The van der Waals surface area contributed by atoms with Crippen LogP contribution >= 0.6 is 35.3 Å². The van der Waals surface area contributed by atoms with Gasteiger partial charge in [0.15, 0.2) is 5.96 Å². The minimum atomic E-state index is -0.175. The van der Waals surface area contributed by atoms with Crippen LogP contribution in [0.5, 0.6) is 0 Å². The van der Waals surface area contributed by atoms with Crippen molar-refractivity contribution in [1.82, 2.24) is 20.5 Å². The number of aryl methyl sites for hydroxylation is 1. The molecule has 0 aliphatic heterocycles. The number of aliphatic imine (C=N–C) groups is 1. The van der Waals surface area contributed by atoms with E-state index in [0.717, 1.165) is 23.1 Å². The first-order chi connectivity index (χ1) is 12.0. The molecular formula is C18H27FIN5S. The van der Waals surface area contributed by atoms with Crippen molar-refractivity contribution in [3.8, 4) is 0 Å². The number of hydrogen-bond acceptors (Lipinski definition) is 4. The molecule has 0 saturated heterocycles. The smallest absolute Gasteiger partial charge is 0.191 e. The zero-order valence-corrected chi connectivity index (χ0v) is 18.8. The van der Waals surface area contributed by atoms with Crippen molar-refractivity contribution < 1.29 is 4.39 Å². The lowest BCUT2D eigenvalue weighted by Crippen LogP contribution is -2.36. The van der Waals surface area contributed by atoms with E-state index in [-0.39, 0.29) is 29.8 Å². The lowest BCUT2D eigenvalue weighted by molar-refractivity contribution is 0.392.